The summed E-state index contributed by atoms with van der Waals surface area (Å²) in [7, 11) is 0. The van der Waals surface area contributed by atoms with Crippen LogP contribution < -0.4 is 0 Å². The van der Waals surface area contributed by atoms with Crippen LogP contribution in [0.25, 0.3) is 0 Å². The van der Waals surface area contributed by atoms with Crippen molar-refractivity contribution in [2.45, 2.75) is 77.4 Å². The normalized spacial score (nSPS) is 58.9. The lowest BCUT2D eigenvalue weighted by atomic mass is 9.46. The third kappa shape index (κ3) is 2.05. The molecule has 1 N–H and O–H groups in total. The first kappa shape index (κ1) is 16.1. The van der Waals surface area contributed by atoms with Crippen LogP contribution in [-0.2, 0) is 9.53 Å². The summed E-state index contributed by atoms with van der Waals surface area (Å²) in [5, 5.41) is 10.9. The summed E-state index contributed by atoms with van der Waals surface area (Å²) in [5.74, 6) is 2.75. The van der Waals surface area contributed by atoms with Crippen molar-refractivity contribution >= 4 is 6.29 Å². The molecule has 1 heterocycles. The Morgan fingerprint density at radius 2 is 1.78 bits per heavy atom. The van der Waals surface area contributed by atoms with Crippen molar-refractivity contribution in [1.82, 2.24) is 0 Å². The molecule has 3 aliphatic carbocycles. The number of rotatable bonds is 1. The molecule has 0 aromatic rings. The second-order valence-electron chi connectivity index (χ2n) is 9.65. The molecule has 3 nitrogen and oxygen atoms in total. The van der Waals surface area contributed by atoms with Gasteiger partial charge in [-0.1, -0.05) is 13.8 Å². The van der Waals surface area contributed by atoms with E-state index in [-0.39, 0.29) is 16.9 Å². The highest BCUT2D eigenvalue weighted by Crippen LogP contribution is 2.67. The summed E-state index contributed by atoms with van der Waals surface area (Å²) >= 11 is 0. The highest BCUT2D eigenvalue weighted by Gasteiger charge is 2.63. The molecule has 3 heteroatoms. The van der Waals surface area contributed by atoms with E-state index >= 15 is 0 Å². The number of hydrogen-bond acceptors (Lipinski definition) is 3. The quantitative estimate of drug-likeness (QED) is 0.751. The van der Waals surface area contributed by atoms with Crippen LogP contribution in [0.3, 0.4) is 0 Å². The standard InChI is InChI=1S/C20H32O3/c1-18-12-23-14(11-21)10-13(18)4-5-15-16(18)6-8-19(2)17(15)7-9-20(19,3)22/h11,13-17,22H,4-10,12H2,1-3H3/t13-,14?,15+,16-,17-,18-,19-,20+/m0/s1. The fourth-order valence-electron chi connectivity index (χ4n) is 7.12. The molecule has 1 unspecified atom stereocenters. The Labute approximate surface area is 140 Å². The predicted molar refractivity (Wildman–Crippen MR) is 88.9 cm³/mol. The van der Waals surface area contributed by atoms with Crippen molar-refractivity contribution in [3.63, 3.8) is 0 Å². The predicted octanol–water partition coefficient (Wildman–Crippen LogP) is 3.58. The van der Waals surface area contributed by atoms with Crippen molar-refractivity contribution in [3.8, 4) is 0 Å². The number of aliphatic hydroxyl groups is 1. The van der Waals surface area contributed by atoms with Gasteiger partial charge in [0, 0.05) is 0 Å². The number of aldehydes is 1. The summed E-state index contributed by atoms with van der Waals surface area (Å²) in [5.41, 5.74) is -0.164. The molecular weight excluding hydrogens is 288 g/mol. The lowest BCUT2D eigenvalue weighted by Crippen LogP contribution is -2.58. The molecule has 8 atom stereocenters. The summed E-state index contributed by atoms with van der Waals surface area (Å²) in [4.78, 5) is 11.1. The Morgan fingerprint density at radius 3 is 2.52 bits per heavy atom. The van der Waals surface area contributed by atoms with Crippen molar-refractivity contribution < 1.29 is 14.6 Å². The summed E-state index contributed by atoms with van der Waals surface area (Å²) in [6.07, 6.45) is 8.77. The van der Waals surface area contributed by atoms with E-state index in [2.05, 4.69) is 20.8 Å². The summed E-state index contributed by atoms with van der Waals surface area (Å²) in [6, 6.07) is 0. The molecule has 0 aromatic carbocycles. The van der Waals surface area contributed by atoms with E-state index in [1.54, 1.807) is 0 Å². The second kappa shape index (κ2) is 5.05. The molecule has 0 amide bonds. The molecule has 1 saturated heterocycles. The van der Waals surface area contributed by atoms with Crippen LogP contribution >= 0.6 is 0 Å². The average Bonchev–Trinajstić information content (AvgIpc) is 2.77. The fourth-order valence-corrected chi connectivity index (χ4v) is 7.12. The van der Waals surface area contributed by atoms with Crippen molar-refractivity contribution in [2.24, 2.45) is 34.5 Å². The van der Waals surface area contributed by atoms with Gasteiger partial charge in [0.05, 0.1) is 12.2 Å². The van der Waals surface area contributed by atoms with Crippen LogP contribution in [0.2, 0.25) is 0 Å². The first-order chi connectivity index (χ1) is 10.8. The minimum Gasteiger partial charge on any atom is -0.390 e. The monoisotopic (exact) mass is 320 g/mol. The molecule has 4 aliphatic rings. The zero-order valence-corrected chi connectivity index (χ0v) is 14.9. The largest absolute Gasteiger partial charge is 0.390 e. The van der Waals surface area contributed by atoms with Gasteiger partial charge < -0.3 is 14.6 Å². The SMILES string of the molecule is C[C@]12COC(C=O)C[C@@H]1CC[C@@H]1[C@@H]2CC[C@@]2(C)[C@H]1CC[C@@]2(C)O. The van der Waals surface area contributed by atoms with Crippen LogP contribution in [0.1, 0.15) is 65.7 Å². The topological polar surface area (TPSA) is 46.5 Å². The molecule has 0 radical (unpaired) electrons. The lowest BCUT2D eigenvalue weighted by molar-refractivity contribution is -0.186. The Morgan fingerprint density at radius 1 is 1.04 bits per heavy atom. The van der Waals surface area contributed by atoms with Crippen molar-refractivity contribution in [2.75, 3.05) is 6.61 Å². The molecule has 1 aliphatic heterocycles. The molecule has 4 fully saturated rings. The van der Waals surface area contributed by atoms with E-state index in [0.29, 0.717) is 17.8 Å². The van der Waals surface area contributed by atoms with E-state index in [0.717, 1.165) is 38.1 Å². The maximum atomic E-state index is 11.1. The maximum Gasteiger partial charge on any atom is 0.148 e. The Hall–Kier alpha value is -0.410. The van der Waals surface area contributed by atoms with Gasteiger partial charge in [0.2, 0.25) is 0 Å². The van der Waals surface area contributed by atoms with Gasteiger partial charge >= 0.3 is 0 Å². The molecular formula is C20H32O3. The zero-order valence-electron chi connectivity index (χ0n) is 14.9. The highest BCUT2D eigenvalue weighted by molar-refractivity contribution is 5.56. The minimum atomic E-state index is -0.494. The van der Waals surface area contributed by atoms with Gasteiger partial charge in [-0.2, -0.15) is 0 Å². The first-order valence-corrected chi connectivity index (χ1v) is 9.61. The Bertz CT molecular complexity index is 501. The molecule has 0 spiro atoms. The van der Waals surface area contributed by atoms with Crippen molar-refractivity contribution in [1.29, 1.82) is 0 Å². The second-order valence-corrected chi connectivity index (χ2v) is 9.65. The van der Waals surface area contributed by atoms with E-state index in [1.807, 2.05) is 0 Å². The van der Waals surface area contributed by atoms with Gasteiger partial charge in [0.1, 0.15) is 12.4 Å². The van der Waals surface area contributed by atoms with Gasteiger partial charge in [0.25, 0.3) is 0 Å². The molecule has 3 saturated carbocycles. The van der Waals surface area contributed by atoms with Gasteiger partial charge in [-0.25, -0.2) is 0 Å². The lowest BCUT2D eigenvalue weighted by Gasteiger charge is -2.61. The Kier molecular flexibility index (Phi) is 3.53. The maximum absolute atomic E-state index is 11.1. The van der Waals surface area contributed by atoms with Crippen LogP contribution in [0.5, 0.6) is 0 Å². The molecule has 0 aromatic heterocycles. The third-order valence-electron chi connectivity index (χ3n) is 8.90. The molecule has 130 valence electrons. The highest BCUT2D eigenvalue weighted by atomic mass is 16.5. The zero-order chi connectivity index (χ0) is 16.5. The molecule has 23 heavy (non-hydrogen) atoms. The van der Waals surface area contributed by atoms with E-state index in [4.69, 9.17) is 4.74 Å². The van der Waals surface area contributed by atoms with E-state index < -0.39 is 5.60 Å². The first-order valence-electron chi connectivity index (χ1n) is 9.61. The third-order valence-corrected chi connectivity index (χ3v) is 8.90. The number of carbonyl (C=O) groups excluding carboxylic acids is 1. The molecule has 4 rings (SSSR count). The van der Waals surface area contributed by atoms with Crippen molar-refractivity contribution in [3.05, 3.63) is 0 Å². The van der Waals surface area contributed by atoms with Gasteiger partial charge in [-0.05, 0) is 86.4 Å². The smallest absolute Gasteiger partial charge is 0.148 e. The van der Waals surface area contributed by atoms with Gasteiger partial charge in [0.15, 0.2) is 0 Å². The van der Waals surface area contributed by atoms with Gasteiger partial charge in [-0.3, -0.25) is 0 Å². The van der Waals surface area contributed by atoms with Crippen LogP contribution in [0, 0.1) is 34.5 Å². The summed E-state index contributed by atoms with van der Waals surface area (Å²) in [6.45, 7) is 7.58. The van der Waals surface area contributed by atoms with Crippen LogP contribution in [0.15, 0.2) is 0 Å². The fraction of sp³-hybridized carbons (Fsp3) is 0.950. The van der Waals surface area contributed by atoms with E-state index in [1.165, 1.54) is 25.7 Å². The molecule has 0 bridgehead atoms. The number of fused-ring (bicyclic) bond motifs is 5. The van der Waals surface area contributed by atoms with Crippen LogP contribution in [0.4, 0.5) is 0 Å². The van der Waals surface area contributed by atoms with E-state index in [9.17, 15) is 9.90 Å². The average molecular weight is 320 g/mol. The van der Waals surface area contributed by atoms with Gasteiger partial charge in [-0.15, -0.1) is 0 Å². The summed E-state index contributed by atoms with van der Waals surface area (Å²) < 4.78 is 5.91. The number of ether oxygens (including phenoxy) is 1. The minimum absolute atomic E-state index is 0.0955. The number of hydrogen-bond donors (Lipinski definition) is 1. The number of carbonyl (C=O) groups is 1. The Balaban J connectivity index is 1.61. The van der Waals surface area contributed by atoms with Crippen LogP contribution in [-0.4, -0.2) is 29.7 Å².